The number of benzene rings is 1. The van der Waals surface area contributed by atoms with E-state index in [1.165, 1.54) is 0 Å². The number of aliphatic hydroxyl groups is 1. The maximum absolute atomic E-state index is 13.0. The molecule has 0 unspecified atom stereocenters. The molecule has 12 heavy (non-hydrogen) atoms. The fraction of sp³-hybridized carbons (Fsp3) is 0.333. The van der Waals surface area contributed by atoms with Crippen molar-refractivity contribution in [2.45, 2.75) is 18.7 Å². The van der Waals surface area contributed by atoms with E-state index in [-0.39, 0.29) is 0 Å². The van der Waals surface area contributed by atoms with Gasteiger partial charge in [-0.05, 0) is 17.2 Å². The predicted octanol–water partition coefficient (Wildman–Crippen LogP) is 2.38. The molecule has 0 radical (unpaired) electrons. The third-order valence-electron chi connectivity index (χ3n) is 2.22. The molecule has 2 atom stereocenters. The van der Waals surface area contributed by atoms with Gasteiger partial charge in [0.25, 0.3) is 0 Å². The number of hydrogen-bond donors (Lipinski definition) is 1. The summed E-state index contributed by atoms with van der Waals surface area (Å²) >= 11 is 3.32. The van der Waals surface area contributed by atoms with Gasteiger partial charge in [0, 0.05) is 10.9 Å². The fourth-order valence-electron chi connectivity index (χ4n) is 1.57. The Hall–Kier alpha value is -0.410. The van der Waals surface area contributed by atoms with Crippen LogP contribution in [0.4, 0.5) is 4.39 Å². The lowest BCUT2D eigenvalue weighted by molar-refractivity contribution is 0.0926. The van der Waals surface area contributed by atoms with E-state index in [1.807, 2.05) is 12.1 Å². The number of fused-ring (bicyclic) bond motifs is 1. The first-order valence-corrected chi connectivity index (χ1v) is 4.59. The van der Waals surface area contributed by atoms with Crippen molar-refractivity contribution in [1.29, 1.82) is 0 Å². The summed E-state index contributed by atoms with van der Waals surface area (Å²) in [6.07, 6.45) is -1.76. The summed E-state index contributed by atoms with van der Waals surface area (Å²) in [5.41, 5.74) is 1.62. The van der Waals surface area contributed by atoms with Crippen LogP contribution < -0.4 is 0 Å². The van der Waals surface area contributed by atoms with Gasteiger partial charge in [0.05, 0.1) is 0 Å². The molecule has 0 bridgehead atoms. The second-order valence-electron chi connectivity index (χ2n) is 2.97. The third-order valence-corrected chi connectivity index (χ3v) is 2.96. The summed E-state index contributed by atoms with van der Waals surface area (Å²) in [5, 5.41) is 9.38. The molecule has 0 aliphatic heterocycles. The summed E-state index contributed by atoms with van der Waals surface area (Å²) in [4.78, 5) is 0. The SMILES string of the molecule is O[C@@H]1c2cccc(Br)c2C[C@H]1F. The first-order valence-electron chi connectivity index (χ1n) is 3.79. The van der Waals surface area contributed by atoms with Crippen LogP contribution in [0.1, 0.15) is 17.2 Å². The minimum Gasteiger partial charge on any atom is -0.385 e. The molecule has 0 fully saturated rings. The molecular weight excluding hydrogens is 223 g/mol. The molecule has 0 saturated heterocycles. The fourth-order valence-corrected chi connectivity index (χ4v) is 2.11. The van der Waals surface area contributed by atoms with E-state index in [0.29, 0.717) is 6.42 Å². The van der Waals surface area contributed by atoms with Crippen LogP contribution in [0.15, 0.2) is 22.7 Å². The monoisotopic (exact) mass is 230 g/mol. The molecule has 64 valence electrons. The zero-order valence-electron chi connectivity index (χ0n) is 6.30. The van der Waals surface area contributed by atoms with Crippen molar-refractivity contribution in [2.75, 3.05) is 0 Å². The van der Waals surface area contributed by atoms with Crippen molar-refractivity contribution in [3.63, 3.8) is 0 Å². The third kappa shape index (κ3) is 1.08. The molecule has 0 aromatic heterocycles. The number of rotatable bonds is 0. The predicted molar refractivity (Wildman–Crippen MR) is 47.7 cm³/mol. The number of halogens is 2. The molecule has 1 aromatic carbocycles. The van der Waals surface area contributed by atoms with Gasteiger partial charge in [-0.2, -0.15) is 0 Å². The molecule has 2 rings (SSSR count). The molecule has 1 aliphatic rings. The Morgan fingerprint density at radius 3 is 2.92 bits per heavy atom. The van der Waals surface area contributed by atoms with Gasteiger partial charge in [0.1, 0.15) is 12.3 Å². The number of aliphatic hydroxyl groups excluding tert-OH is 1. The molecular formula is C9H8BrFO. The van der Waals surface area contributed by atoms with Crippen molar-refractivity contribution in [3.05, 3.63) is 33.8 Å². The minimum absolute atomic E-state index is 0.317. The van der Waals surface area contributed by atoms with E-state index in [1.54, 1.807) is 6.07 Å². The highest BCUT2D eigenvalue weighted by molar-refractivity contribution is 9.10. The lowest BCUT2D eigenvalue weighted by atomic mass is 10.1. The van der Waals surface area contributed by atoms with Gasteiger partial charge in [-0.1, -0.05) is 28.1 Å². The Kier molecular flexibility index (Phi) is 1.93. The Morgan fingerprint density at radius 2 is 2.25 bits per heavy atom. The van der Waals surface area contributed by atoms with Gasteiger partial charge in [-0.15, -0.1) is 0 Å². The van der Waals surface area contributed by atoms with Crippen LogP contribution in [0.5, 0.6) is 0 Å². The Morgan fingerprint density at radius 1 is 1.50 bits per heavy atom. The van der Waals surface area contributed by atoms with Crippen LogP contribution in [-0.2, 0) is 6.42 Å². The van der Waals surface area contributed by atoms with Gasteiger partial charge < -0.3 is 5.11 Å². The maximum atomic E-state index is 13.0. The molecule has 0 spiro atoms. The molecule has 0 amide bonds. The van der Waals surface area contributed by atoms with E-state index < -0.39 is 12.3 Å². The average molecular weight is 231 g/mol. The highest BCUT2D eigenvalue weighted by Crippen LogP contribution is 2.37. The zero-order chi connectivity index (χ0) is 8.72. The molecule has 1 aromatic rings. The summed E-state index contributed by atoms with van der Waals surface area (Å²) in [5.74, 6) is 0. The summed E-state index contributed by atoms with van der Waals surface area (Å²) in [7, 11) is 0. The highest BCUT2D eigenvalue weighted by atomic mass is 79.9. The van der Waals surface area contributed by atoms with Gasteiger partial charge in [0.2, 0.25) is 0 Å². The molecule has 1 nitrogen and oxygen atoms in total. The van der Waals surface area contributed by atoms with Crippen LogP contribution in [0.2, 0.25) is 0 Å². The Labute approximate surface area is 78.3 Å². The van der Waals surface area contributed by atoms with Gasteiger partial charge >= 0.3 is 0 Å². The number of hydrogen-bond acceptors (Lipinski definition) is 1. The smallest absolute Gasteiger partial charge is 0.134 e. The van der Waals surface area contributed by atoms with Gasteiger partial charge in [-0.3, -0.25) is 0 Å². The van der Waals surface area contributed by atoms with E-state index in [9.17, 15) is 9.50 Å². The Balaban J connectivity index is 2.53. The number of alkyl halides is 1. The molecule has 0 saturated carbocycles. The first-order chi connectivity index (χ1) is 5.70. The van der Waals surface area contributed by atoms with Crippen molar-refractivity contribution < 1.29 is 9.50 Å². The van der Waals surface area contributed by atoms with E-state index in [0.717, 1.165) is 15.6 Å². The van der Waals surface area contributed by atoms with Crippen molar-refractivity contribution in [3.8, 4) is 0 Å². The summed E-state index contributed by atoms with van der Waals surface area (Å²) < 4.78 is 13.9. The minimum atomic E-state index is -1.14. The summed E-state index contributed by atoms with van der Waals surface area (Å²) in [6.45, 7) is 0. The van der Waals surface area contributed by atoms with Crippen molar-refractivity contribution in [2.24, 2.45) is 0 Å². The zero-order valence-corrected chi connectivity index (χ0v) is 7.88. The molecule has 0 heterocycles. The Bertz CT molecular complexity index is 313. The largest absolute Gasteiger partial charge is 0.385 e. The van der Waals surface area contributed by atoms with E-state index in [2.05, 4.69) is 15.9 Å². The van der Waals surface area contributed by atoms with Crippen LogP contribution in [0.25, 0.3) is 0 Å². The highest BCUT2D eigenvalue weighted by Gasteiger charge is 2.31. The van der Waals surface area contributed by atoms with Crippen LogP contribution in [0, 0.1) is 0 Å². The maximum Gasteiger partial charge on any atom is 0.134 e. The summed E-state index contributed by atoms with van der Waals surface area (Å²) in [6, 6.07) is 5.44. The van der Waals surface area contributed by atoms with Crippen molar-refractivity contribution >= 4 is 15.9 Å². The molecule has 3 heteroatoms. The van der Waals surface area contributed by atoms with Crippen LogP contribution in [-0.4, -0.2) is 11.3 Å². The van der Waals surface area contributed by atoms with Crippen LogP contribution >= 0.6 is 15.9 Å². The van der Waals surface area contributed by atoms with Crippen molar-refractivity contribution in [1.82, 2.24) is 0 Å². The molecule has 1 aliphatic carbocycles. The van der Waals surface area contributed by atoms with E-state index in [4.69, 9.17) is 0 Å². The lowest BCUT2D eigenvalue weighted by Crippen LogP contribution is -2.05. The van der Waals surface area contributed by atoms with E-state index >= 15 is 0 Å². The topological polar surface area (TPSA) is 20.2 Å². The average Bonchev–Trinajstić information content (AvgIpc) is 2.32. The molecule has 1 N–H and O–H groups in total. The lowest BCUT2D eigenvalue weighted by Gasteiger charge is -2.04. The van der Waals surface area contributed by atoms with Gasteiger partial charge in [-0.25, -0.2) is 4.39 Å². The second-order valence-corrected chi connectivity index (χ2v) is 3.83. The quantitative estimate of drug-likeness (QED) is 0.726. The standard InChI is InChI=1S/C9H8BrFO/c10-7-3-1-2-5-6(7)4-8(11)9(5)12/h1-3,8-9,12H,4H2/t8-,9-/m1/s1. The van der Waals surface area contributed by atoms with Gasteiger partial charge in [0.15, 0.2) is 0 Å². The normalized spacial score (nSPS) is 27.2. The first kappa shape index (κ1) is 8.20. The second kappa shape index (κ2) is 2.82. The van der Waals surface area contributed by atoms with Crippen LogP contribution in [0.3, 0.4) is 0 Å².